The van der Waals surface area contributed by atoms with Crippen LogP contribution in [-0.4, -0.2) is 17.2 Å². The number of amides is 1. The number of hydrogen-bond acceptors (Lipinski definition) is 3. The first kappa shape index (κ1) is 21.7. The summed E-state index contributed by atoms with van der Waals surface area (Å²) in [6, 6.07) is 11.8. The van der Waals surface area contributed by atoms with Gasteiger partial charge in [-0.05, 0) is 49.4 Å². The predicted octanol–water partition coefficient (Wildman–Crippen LogP) is 4.68. The summed E-state index contributed by atoms with van der Waals surface area (Å²) < 4.78 is 19.6. The molecule has 0 spiro atoms. The quantitative estimate of drug-likeness (QED) is 0.671. The molecule has 3 rings (SSSR count). The zero-order valence-electron chi connectivity index (χ0n) is 16.5. The highest BCUT2D eigenvalue weighted by atomic mass is 19.1. The van der Waals surface area contributed by atoms with E-state index < -0.39 is 6.09 Å². The van der Waals surface area contributed by atoms with E-state index in [9.17, 15) is 4.39 Å². The molecule has 28 heavy (non-hydrogen) atoms. The molecule has 0 aromatic heterocycles. The minimum atomic E-state index is -1.33. The number of rotatable bonds is 6. The first-order valence-electron chi connectivity index (χ1n) is 9.55. The van der Waals surface area contributed by atoms with Crippen LogP contribution >= 0.6 is 0 Å². The van der Waals surface area contributed by atoms with Gasteiger partial charge in [0.1, 0.15) is 18.2 Å². The summed E-state index contributed by atoms with van der Waals surface area (Å²) >= 11 is 0. The molecular formula is C22H29FN2O3. The van der Waals surface area contributed by atoms with Gasteiger partial charge in [0.15, 0.2) is 0 Å². The number of hydrogen-bond donors (Lipinski definition) is 3. The van der Waals surface area contributed by atoms with E-state index in [4.69, 9.17) is 14.6 Å². The van der Waals surface area contributed by atoms with Gasteiger partial charge in [0.2, 0.25) is 0 Å². The van der Waals surface area contributed by atoms with Crippen molar-refractivity contribution >= 4 is 6.09 Å². The van der Waals surface area contributed by atoms with Crippen molar-refractivity contribution in [3.8, 4) is 5.75 Å². The molecule has 1 aliphatic rings. The fourth-order valence-corrected chi connectivity index (χ4v) is 3.53. The maximum atomic E-state index is 13.7. The lowest BCUT2D eigenvalue weighted by Gasteiger charge is -2.16. The fraction of sp³-hybridized carbons (Fsp3) is 0.409. The highest BCUT2D eigenvalue weighted by Crippen LogP contribution is 2.26. The molecule has 1 aliphatic carbocycles. The average Bonchev–Trinajstić information content (AvgIpc) is 3.14. The van der Waals surface area contributed by atoms with Crippen LogP contribution in [0.25, 0.3) is 0 Å². The predicted molar refractivity (Wildman–Crippen MR) is 108 cm³/mol. The second-order valence-electron chi connectivity index (χ2n) is 7.14. The minimum absolute atomic E-state index is 0.217. The van der Waals surface area contributed by atoms with Crippen LogP contribution in [0.2, 0.25) is 0 Å². The first-order valence-corrected chi connectivity index (χ1v) is 9.55. The summed E-state index contributed by atoms with van der Waals surface area (Å²) in [5.41, 5.74) is 8.11. The van der Waals surface area contributed by atoms with Crippen LogP contribution in [0.15, 0.2) is 36.4 Å². The molecular weight excluding hydrogens is 359 g/mol. The highest BCUT2D eigenvalue weighted by molar-refractivity contribution is 5.61. The number of aryl methyl sites for hydroxylation is 2. The Bertz CT molecular complexity index is 762. The third kappa shape index (κ3) is 6.85. The van der Waals surface area contributed by atoms with E-state index in [0.29, 0.717) is 11.6 Å². The number of carboxylic acid groups (broad SMARTS) is 1. The molecule has 0 saturated heterocycles. The molecule has 1 saturated carbocycles. The van der Waals surface area contributed by atoms with Crippen LogP contribution in [0.4, 0.5) is 9.18 Å². The van der Waals surface area contributed by atoms with Gasteiger partial charge >= 0.3 is 6.09 Å². The zero-order chi connectivity index (χ0) is 20.5. The molecule has 0 bridgehead atoms. The van der Waals surface area contributed by atoms with Gasteiger partial charge < -0.3 is 20.9 Å². The Balaban J connectivity index is 0.000000640. The van der Waals surface area contributed by atoms with E-state index in [2.05, 4.69) is 37.0 Å². The molecule has 152 valence electrons. The lowest BCUT2D eigenvalue weighted by atomic mass is 10.0. The normalized spacial score (nSPS) is 13.7. The van der Waals surface area contributed by atoms with Gasteiger partial charge in [0.25, 0.3) is 0 Å². The second kappa shape index (κ2) is 10.7. The van der Waals surface area contributed by atoms with Gasteiger partial charge in [0.05, 0.1) is 0 Å². The number of nitrogens with two attached hydrogens (primary N) is 1. The summed E-state index contributed by atoms with van der Waals surface area (Å²) in [7, 11) is 0. The van der Waals surface area contributed by atoms with Gasteiger partial charge in [-0.15, -0.1) is 0 Å². The van der Waals surface area contributed by atoms with E-state index in [1.165, 1.54) is 37.3 Å². The molecule has 4 N–H and O–H groups in total. The number of nitrogens with one attached hydrogen (secondary N) is 1. The molecule has 0 atom stereocenters. The summed E-state index contributed by atoms with van der Waals surface area (Å²) in [4.78, 5) is 8.78. The van der Waals surface area contributed by atoms with Crippen molar-refractivity contribution in [3.05, 3.63) is 64.5 Å². The van der Waals surface area contributed by atoms with Crippen LogP contribution < -0.4 is 15.8 Å². The van der Waals surface area contributed by atoms with Gasteiger partial charge in [-0.25, -0.2) is 9.18 Å². The number of halogens is 1. The van der Waals surface area contributed by atoms with Crippen LogP contribution in [0, 0.1) is 19.7 Å². The maximum absolute atomic E-state index is 13.7. The van der Waals surface area contributed by atoms with Gasteiger partial charge in [-0.3, -0.25) is 0 Å². The Kier molecular flexibility index (Phi) is 8.26. The third-order valence-corrected chi connectivity index (χ3v) is 4.80. The molecule has 2 aromatic rings. The van der Waals surface area contributed by atoms with Crippen molar-refractivity contribution in [1.82, 2.24) is 5.32 Å². The van der Waals surface area contributed by atoms with Crippen molar-refractivity contribution in [1.29, 1.82) is 0 Å². The van der Waals surface area contributed by atoms with E-state index in [0.717, 1.165) is 23.4 Å². The van der Waals surface area contributed by atoms with E-state index in [1.54, 1.807) is 12.1 Å². The minimum Gasteiger partial charge on any atom is -0.488 e. The number of ether oxygens (including phenoxy) is 1. The highest BCUT2D eigenvalue weighted by Gasteiger charge is 2.14. The summed E-state index contributed by atoms with van der Waals surface area (Å²) in [6.07, 6.45) is 3.95. The Hall–Kier alpha value is -2.60. The fourth-order valence-electron chi connectivity index (χ4n) is 3.53. The smallest absolute Gasteiger partial charge is 0.402 e. The van der Waals surface area contributed by atoms with Crippen LogP contribution in [0.3, 0.4) is 0 Å². The van der Waals surface area contributed by atoms with Gasteiger partial charge in [-0.2, -0.15) is 0 Å². The van der Waals surface area contributed by atoms with Crippen molar-refractivity contribution < 1.29 is 19.0 Å². The number of carbonyl (C=O) groups is 1. The SMILES string of the molecule is Cc1cc(CNC2CCCC2)cc(C)c1OCc1ccccc1F.NC(=O)O. The topological polar surface area (TPSA) is 84.6 Å². The van der Waals surface area contributed by atoms with E-state index in [-0.39, 0.29) is 12.4 Å². The third-order valence-electron chi connectivity index (χ3n) is 4.80. The van der Waals surface area contributed by atoms with Crippen LogP contribution in [0.5, 0.6) is 5.75 Å². The summed E-state index contributed by atoms with van der Waals surface area (Å²) in [5, 5.41) is 10.8. The summed E-state index contributed by atoms with van der Waals surface area (Å²) in [5.74, 6) is 0.646. The van der Waals surface area contributed by atoms with Crippen LogP contribution in [-0.2, 0) is 13.2 Å². The lowest BCUT2D eigenvalue weighted by Crippen LogP contribution is -2.25. The maximum Gasteiger partial charge on any atom is 0.402 e. The van der Waals surface area contributed by atoms with Crippen LogP contribution in [0.1, 0.15) is 47.9 Å². The largest absolute Gasteiger partial charge is 0.488 e. The molecule has 2 aromatic carbocycles. The second-order valence-corrected chi connectivity index (χ2v) is 7.14. The zero-order valence-corrected chi connectivity index (χ0v) is 16.5. The van der Waals surface area contributed by atoms with Gasteiger partial charge in [-0.1, -0.05) is 43.2 Å². The first-order chi connectivity index (χ1) is 13.4. The van der Waals surface area contributed by atoms with Crippen molar-refractivity contribution in [2.75, 3.05) is 0 Å². The van der Waals surface area contributed by atoms with E-state index in [1.807, 2.05) is 6.07 Å². The number of primary amides is 1. The van der Waals surface area contributed by atoms with Gasteiger partial charge in [0, 0.05) is 18.2 Å². The molecule has 5 nitrogen and oxygen atoms in total. The molecule has 0 heterocycles. The monoisotopic (exact) mass is 388 g/mol. The molecule has 1 amide bonds. The summed E-state index contributed by atoms with van der Waals surface area (Å²) in [6.45, 7) is 5.28. The average molecular weight is 388 g/mol. The Morgan fingerprint density at radius 2 is 1.79 bits per heavy atom. The molecule has 0 radical (unpaired) electrons. The van der Waals surface area contributed by atoms with Crippen molar-refractivity contribution in [3.63, 3.8) is 0 Å². The molecule has 1 fully saturated rings. The van der Waals surface area contributed by atoms with Crippen molar-refractivity contribution in [2.24, 2.45) is 5.73 Å². The Morgan fingerprint density at radius 3 is 2.36 bits per heavy atom. The van der Waals surface area contributed by atoms with E-state index >= 15 is 0 Å². The Labute approximate surface area is 165 Å². The standard InChI is InChI=1S/C21H26FNO.CH3NO2/c1-15-11-17(13-23-19-8-4-5-9-19)12-16(2)21(15)24-14-18-7-3-6-10-20(18)22;2-1(3)4/h3,6-7,10-12,19,23H,4-5,8-9,13-14H2,1-2H3;2H2,(H,3,4). The van der Waals surface area contributed by atoms with Crippen molar-refractivity contribution in [2.45, 2.75) is 58.7 Å². The lowest BCUT2D eigenvalue weighted by molar-refractivity contribution is 0.205. The molecule has 0 unspecified atom stereocenters. The number of benzene rings is 2. The Morgan fingerprint density at radius 1 is 1.21 bits per heavy atom. The molecule has 0 aliphatic heterocycles. The molecule has 6 heteroatoms.